The Balaban J connectivity index is 2.29. The van der Waals surface area contributed by atoms with Crippen molar-refractivity contribution in [3.8, 4) is 11.3 Å². The molecule has 0 unspecified atom stereocenters. The number of halogens is 3. The molecule has 0 saturated heterocycles. The number of hydrogen-bond donors (Lipinski definition) is 0. The molecule has 0 amide bonds. The van der Waals surface area contributed by atoms with E-state index in [2.05, 4.69) is 0 Å². The van der Waals surface area contributed by atoms with E-state index in [9.17, 15) is 13.2 Å². The Kier molecular flexibility index (Phi) is 2.37. The number of furan rings is 1. The molecule has 0 aliphatic heterocycles. The van der Waals surface area contributed by atoms with E-state index in [0.717, 1.165) is 0 Å². The molecule has 3 aromatic rings. The maximum Gasteiger partial charge on any atom is 0.173 e. The maximum atomic E-state index is 13.5. The summed E-state index contributed by atoms with van der Waals surface area (Å²) in [5.41, 5.74) is 0.403. The number of hydrogen-bond acceptors (Lipinski definition) is 1. The second kappa shape index (κ2) is 3.91. The first-order chi connectivity index (χ1) is 8.66. The van der Waals surface area contributed by atoms with E-state index in [4.69, 9.17) is 4.42 Å². The minimum absolute atomic E-state index is 0.189. The van der Waals surface area contributed by atoms with Crippen molar-refractivity contribution >= 4 is 11.0 Å². The van der Waals surface area contributed by atoms with Crippen molar-refractivity contribution in [2.75, 3.05) is 0 Å². The largest absolute Gasteiger partial charge is 0.453 e. The Morgan fingerprint density at radius 2 is 1.56 bits per heavy atom. The Hall–Kier alpha value is -2.23. The fourth-order valence-corrected chi connectivity index (χ4v) is 1.84. The maximum absolute atomic E-state index is 13.5. The third-order valence-corrected chi connectivity index (χ3v) is 2.71. The highest BCUT2D eigenvalue weighted by Gasteiger charge is 2.17. The van der Waals surface area contributed by atoms with Crippen LogP contribution in [0.15, 0.2) is 46.9 Å². The second-order valence-corrected chi connectivity index (χ2v) is 3.87. The number of rotatable bonds is 1. The molecule has 0 saturated carbocycles. The molecule has 1 heterocycles. The van der Waals surface area contributed by atoms with Crippen molar-refractivity contribution in [3.05, 3.63) is 59.9 Å². The summed E-state index contributed by atoms with van der Waals surface area (Å²) in [6, 6.07) is 10.6. The lowest BCUT2D eigenvalue weighted by molar-refractivity contribution is 0.498. The molecule has 0 atom stereocenters. The molecule has 90 valence electrons. The zero-order chi connectivity index (χ0) is 12.7. The lowest BCUT2D eigenvalue weighted by Crippen LogP contribution is -1.86. The van der Waals surface area contributed by atoms with Crippen LogP contribution in [0, 0.1) is 17.5 Å². The van der Waals surface area contributed by atoms with Crippen molar-refractivity contribution in [3.63, 3.8) is 0 Å². The molecule has 1 aromatic heterocycles. The normalized spacial score (nSPS) is 11.1. The van der Waals surface area contributed by atoms with E-state index in [1.54, 1.807) is 24.3 Å². The topological polar surface area (TPSA) is 13.1 Å². The van der Waals surface area contributed by atoms with Gasteiger partial charge in [0.05, 0.1) is 5.39 Å². The molecule has 4 heteroatoms. The minimum atomic E-state index is -1.22. The van der Waals surface area contributed by atoms with E-state index in [1.165, 1.54) is 6.07 Å². The molecule has 1 nitrogen and oxygen atoms in total. The molecule has 0 fully saturated rings. The minimum Gasteiger partial charge on any atom is -0.453 e. The van der Waals surface area contributed by atoms with Crippen LogP contribution >= 0.6 is 0 Å². The average molecular weight is 248 g/mol. The molecule has 2 aromatic carbocycles. The fraction of sp³-hybridized carbons (Fsp3) is 0. The van der Waals surface area contributed by atoms with Crippen molar-refractivity contribution in [2.45, 2.75) is 0 Å². The smallest absolute Gasteiger partial charge is 0.173 e. The van der Waals surface area contributed by atoms with E-state index >= 15 is 0 Å². The van der Waals surface area contributed by atoms with Crippen molar-refractivity contribution in [2.24, 2.45) is 0 Å². The summed E-state index contributed by atoms with van der Waals surface area (Å²) in [7, 11) is 0. The summed E-state index contributed by atoms with van der Waals surface area (Å²) in [5.74, 6) is -2.93. The Morgan fingerprint density at radius 1 is 0.833 bits per heavy atom. The van der Waals surface area contributed by atoms with Gasteiger partial charge in [-0.3, -0.25) is 0 Å². The second-order valence-electron chi connectivity index (χ2n) is 3.87. The molecule has 18 heavy (non-hydrogen) atoms. The summed E-state index contributed by atoms with van der Waals surface area (Å²) in [6.07, 6.45) is 0. The van der Waals surface area contributed by atoms with Gasteiger partial charge in [0, 0.05) is 11.6 Å². The average Bonchev–Trinajstić information content (AvgIpc) is 2.83. The third-order valence-electron chi connectivity index (χ3n) is 2.71. The van der Waals surface area contributed by atoms with Gasteiger partial charge in [0.25, 0.3) is 0 Å². The molecule has 0 bridgehead atoms. The van der Waals surface area contributed by atoms with Gasteiger partial charge in [-0.25, -0.2) is 13.2 Å². The molecule has 3 rings (SSSR count). The van der Waals surface area contributed by atoms with E-state index in [-0.39, 0.29) is 11.0 Å². The van der Waals surface area contributed by atoms with Gasteiger partial charge in [0.15, 0.2) is 23.0 Å². The predicted octanol–water partition coefficient (Wildman–Crippen LogP) is 4.52. The number of fused-ring (bicyclic) bond motifs is 1. The Morgan fingerprint density at radius 3 is 2.28 bits per heavy atom. The first-order valence-corrected chi connectivity index (χ1v) is 5.29. The predicted molar refractivity (Wildman–Crippen MR) is 61.5 cm³/mol. The van der Waals surface area contributed by atoms with Crippen LogP contribution in [0.2, 0.25) is 0 Å². The van der Waals surface area contributed by atoms with E-state index < -0.39 is 17.5 Å². The van der Waals surface area contributed by atoms with Crippen LogP contribution < -0.4 is 0 Å². The summed E-state index contributed by atoms with van der Waals surface area (Å²) < 4.78 is 45.3. The van der Waals surface area contributed by atoms with Crippen molar-refractivity contribution in [1.82, 2.24) is 0 Å². The zero-order valence-electron chi connectivity index (χ0n) is 9.08. The van der Waals surface area contributed by atoms with Crippen LogP contribution in [0.3, 0.4) is 0 Å². The van der Waals surface area contributed by atoms with Crippen LogP contribution in [-0.2, 0) is 0 Å². The van der Waals surface area contributed by atoms with Gasteiger partial charge in [-0.2, -0.15) is 0 Å². The monoisotopic (exact) mass is 248 g/mol. The first-order valence-electron chi connectivity index (χ1n) is 5.29. The molecule has 0 aliphatic rings. The molecule has 0 radical (unpaired) electrons. The van der Waals surface area contributed by atoms with E-state index in [1.807, 2.05) is 6.07 Å². The van der Waals surface area contributed by atoms with E-state index in [0.29, 0.717) is 17.4 Å². The SMILES string of the molecule is Fc1cc(F)c2oc(-c3ccccc3)cc2c1F. The standard InChI is InChI=1S/C14H7F3O/c15-10-7-11(16)14-9(13(10)17)6-12(18-14)8-4-2-1-3-5-8/h1-7H. The van der Waals surface area contributed by atoms with Crippen LogP contribution in [-0.4, -0.2) is 0 Å². The summed E-state index contributed by atoms with van der Waals surface area (Å²) in [5, 5.41) is -0.189. The van der Waals surface area contributed by atoms with Gasteiger partial charge in [0.2, 0.25) is 0 Å². The lowest BCUT2D eigenvalue weighted by Gasteiger charge is -1.95. The third kappa shape index (κ3) is 1.57. The Bertz CT molecular complexity index is 717. The summed E-state index contributed by atoms with van der Waals surface area (Å²) in [6.45, 7) is 0. The molecule has 0 spiro atoms. The van der Waals surface area contributed by atoms with Crippen LogP contribution in [0.25, 0.3) is 22.3 Å². The highest BCUT2D eigenvalue weighted by Crippen LogP contribution is 2.31. The molecule has 0 N–H and O–H groups in total. The molecular weight excluding hydrogens is 241 g/mol. The van der Waals surface area contributed by atoms with Crippen molar-refractivity contribution < 1.29 is 17.6 Å². The van der Waals surface area contributed by atoms with Gasteiger partial charge < -0.3 is 4.42 Å². The quantitative estimate of drug-likeness (QED) is 0.577. The first kappa shape index (κ1) is 10.9. The van der Waals surface area contributed by atoms with Gasteiger partial charge in [-0.05, 0) is 6.07 Å². The highest BCUT2D eigenvalue weighted by atomic mass is 19.2. The summed E-state index contributed by atoms with van der Waals surface area (Å²) in [4.78, 5) is 0. The summed E-state index contributed by atoms with van der Waals surface area (Å²) >= 11 is 0. The van der Waals surface area contributed by atoms with Gasteiger partial charge in [0.1, 0.15) is 5.76 Å². The van der Waals surface area contributed by atoms with Crippen LogP contribution in [0.5, 0.6) is 0 Å². The van der Waals surface area contributed by atoms with Gasteiger partial charge in [-0.1, -0.05) is 30.3 Å². The van der Waals surface area contributed by atoms with Gasteiger partial charge >= 0.3 is 0 Å². The van der Waals surface area contributed by atoms with Crippen molar-refractivity contribution in [1.29, 1.82) is 0 Å². The lowest BCUT2D eigenvalue weighted by atomic mass is 10.1. The van der Waals surface area contributed by atoms with Crippen LogP contribution in [0.1, 0.15) is 0 Å². The fourth-order valence-electron chi connectivity index (χ4n) is 1.84. The molecular formula is C14H7F3O. The van der Waals surface area contributed by atoms with Crippen LogP contribution in [0.4, 0.5) is 13.2 Å². The Labute approximate surface area is 100 Å². The van der Waals surface area contributed by atoms with Gasteiger partial charge in [-0.15, -0.1) is 0 Å². The zero-order valence-corrected chi connectivity index (χ0v) is 9.08. The molecule has 0 aliphatic carbocycles. The highest BCUT2D eigenvalue weighted by molar-refractivity contribution is 5.84. The number of benzene rings is 2.